The topological polar surface area (TPSA) is 46.4 Å². The van der Waals surface area contributed by atoms with Crippen molar-refractivity contribution in [3.8, 4) is 0 Å². The molecule has 0 N–H and O–H groups in total. The van der Waals surface area contributed by atoms with E-state index in [-0.39, 0.29) is 22.7 Å². The third kappa shape index (κ3) is 7.81. The minimum Gasteiger partial charge on any atom is -0.871 e. The summed E-state index contributed by atoms with van der Waals surface area (Å²) in [5.74, 6) is 0.944. The van der Waals surface area contributed by atoms with E-state index in [1.807, 2.05) is 48.6 Å². The lowest BCUT2D eigenvalue weighted by molar-refractivity contribution is -0.440. The summed E-state index contributed by atoms with van der Waals surface area (Å²) in [6.07, 6.45) is 12.4. The van der Waals surface area contributed by atoms with Crippen LogP contribution in [0.5, 0.6) is 0 Å². The second kappa shape index (κ2) is 15.2. The number of nitrogens with zero attached hydrogens (tertiary/aromatic N) is 2. The quantitative estimate of drug-likeness (QED) is 0.146. The molecule has 5 rings (SSSR count). The lowest BCUT2D eigenvalue weighted by Gasteiger charge is -2.33. The molecule has 2 aliphatic rings. The summed E-state index contributed by atoms with van der Waals surface area (Å²) < 4.78 is 2.36. The van der Waals surface area contributed by atoms with E-state index in [1.54, 1.807) is 0 Å². The highest BCUT2D eigenvalue weighted by molar-refractivity contribution is 6.39. The van der Waals surface area contributed by atoms with Gasteiger partial charge in [0, 0.05) is 59.3 Å². The molecule has 48 heavy (non-hydrogen) atoms. The first-order chi connectivity index (χ1) is 22.9. The van der Waals surface area contributed by atoms with Crippen LogP contribution in [0.1, 0.15) is 81.2 Å². The Hall–Kier alpha value is -4.44. The fourth-order valence-corrected chi connectivity index (χ4v) is 6.84. The first-order valence-corrected chi connectivity index (χ1v) is 17.7. The largest absolute Gasteiger partial charge is 0.871 e. The smallest absolute Gasteiger partial charge is 0.208 e. The molecule has 0 aliphatic heterocycles. The fraction of sp³-hybridized carbons (Fsp3) is 0.364. The maximum atomic E-state index is 13.5. The van der Waals surface area contributed by atoms with Crippen molar-refractivity contribution < 1.29 is 14.5 Å². The summed E-state index contributed by atoms with van der Waals surface area (Å²) in [6.45, 7) is 19.4. The number of benzene rings is 3. The zero-order chi connectivity index (χ0) is 34.5. The molecular weight excluding hydrogens is 588 g/mol. The summed E-state index contributed by atoms with van der Waals surface area (Å²) in [5.41, 5.74) is 11.4. The average molecular weight is 641 g/mol. The Balaban J connectivity index is 1.41. The molecule has 0 bridgehead atoms. The fourth-order valence-electron chi connectivity index (χ4n) is 6.84. The van der Waals surface area contributed by atoms with Crippen LogP contribution >= 0.6 is 0 Å². The van der Waals surface area contributed by atoms with E-state index in [4.69, 9.17) is 0 Å². The van der Waals surface area contributed by atoms with E-state index >= 15 is 0 Å². The zero-order valence-corrected chi connectivity index (χ0v) is 30.2. The summed E-state index contributed by atoms with van der Waals surface area (Å²) in [4.78, 5) is 15.9. The SMILES string of the molecule is Cc1ccc(N(CCCC(C)C)c2ccc(C3=C([O-])C(=C4C=CC(=[N+](CCCC(C)C)c5ccc(C)cc5C)C=C4)C3=O)cc2)c(C)c1. The van der Waals surface area contributed by atoms with Crippen molar-refractivity contribution in [1.29, 1.82) is 0 Å². The van der Waals surface area contributed by atoms with E-state index in [9.17, 15) is 9.90 Å². The van der Waals surface area contributed by atoms with Crippen LogP contribution in [0.4, 0.5) is 17.1 Å². The number of carbonyl (C=O) groups is 1. The Bertz CT molecular complexity index is 1810. The van der Waals surface area contributed by atoms with E-state index in [0.717, 1.165) is 50.2 Å². The summed E-state index contributed by atoms with van der Waals surface area (Å²) >= 11 is 0. The molecule has 0 amide bonds. The van der Waals surface area contributed by atoms with Crippen LogP contribution in [0.15, 0.2) is 102 Å². The Morgan fingerprint density at radius 2 is 1.31 bits per heavy atom. The number of aryl methyl sites for hydroxylation is 4. The van der Waals surface area contributed by atoms with Gasteiger partial charge in [-0.1, -0.05) is 74.9 Å². The predicted molar refractivity (Wildman–Crippen MR) is 200 cm³/mol. The van der Waals surface area contributed by atoms with Crippen molar-refractivity contribution in [3.05, 3.63) is 130 Å². The van der Waals surface area contributed by atoms with Crippen LogP contribution in [0.2, 0.25) is 0 Å². The summed E-state index contributed by atoms with van der Waals surface area (Å²) in [5, 5.41) is 13.5. The second-order valence-electron chi connectivity index (χ2n) is 14.5. The Morgan fingerprint density at radius 1 is 0.708 bits per heavy atom. The van der Waals surface area contributed by atoms with Crippen molar-refractivity contribution in [2.45, 2.75) is 81.1 Å². The van der Waals surface area contributed by atoms with Crippen molar-refractivity contribution in [3.63, 3.8) is 0 Å². The number of ketones is 1. The Labute approximate surface area is 288 Å². The average Bonchev–Trinajstić information content (AvgIpc) is 3.03. The number of hydrogen-bond acceptors (Lipinski definition) is 3. The van der Waals surface area contributed by atoms with Gasteiger partial charge in [-0.25, -0.2) is 0 Å². The maximum absolute atomic E-state index is 13.5. The normalized spacial score (nSPS) is 14.5. The molecule has 0 fully saturated rings. The molecular formula is C44H52N2O2. The standard InChI is InChI=1S/C44H52N2O2/c1-29(2)11-9-25-45(39-23-13-31(5)27-33(39)7)37-19-15-35(16-20-37)41-43(47)42(44(41)48)36-17-21-38(22-18-36)46(26-10-12-30(3)4)40-24-14-32(6)28-34(40)8/h13-24,27-30H,9-12,25-26H2,1-8H3. The first kappa shape index (κ1) is 34.9. The molecule has 250 valence electrons. The molecule has 2 aliphatic carbocycles. The molecule has 0 aromatic heterocycles. The minimum atomic E-state index is -0.174. The lowest BCUT2D eigenvalue weighted by atomic mass is 9.80. The van der Waals surface area contributed by atoms with Gasteiger partial charge >= 0.3 is 0 Å². The molecule has 3 aromatic carbocycles. The van der Waals surface area contributed by atoms with Crippen LogP contribution in [-0.2, 0) is 4.79 Å². The molecule has 0 unspecified atom stereocenters. The molecule has 0 spiro atoms. The van der Waals surface area contributed by atoms with Gasteiger partial charge in [-0.05, 0) is 112 Å². The highest BCUT2D eigenvalue weighted by Gasteiger charge is 2.31. The van der Waals surface area contributed by atoms with Crippen LogP contribution < -0.4 is 10.0 Å². The van der Waals surface area contributed by atoms with Gasteiger partial charge in [0.15, 0.2) is 5.78 Å². The molecule has 4 nitrogen and oxygen atoms in total. The van der Waals surface area contributed by atoms with Gasteiger partial charge in [0.1, 0.15) is 6.54 Å². The first-order valence-electron chi connectivity index (χ1n) is 17.7. The van der Waals surface area contributed by atoms with Crippen molar-refractivity contribution in [2.24, 2.45) is 11.8 Å². The molecule has 0 heterocycles. The number of hydrogen-bond donors (Lipinski definition) is 0. The number of Topliss-reactive ketones (excluding diaryl/α,β-unsaturated/α-hetero) is 1. The van der Waals surface area contributed by atoms with Crippen molar-refractivity contribution in [1.82, 2.24) is 0 Å². The van der Waals surface area contributed by atoms with Gasteiger partial charge in [0.25, 0.3) is 0 Å². The molecule has 0 radical (unpaired) electrons. The highest BCUT2D eigenvalue weighted by Crippen LogP contribution is 2.39. The number of rotatable bonds is 12. The van der Waals surface area contributed by atoms with Crippen molar-refractivity contribution >= 4 is 34.1 Å². The highest BCUT2D eigenvalue weighted by atomic mass is 16.3. The molecule has 4 heteroatoms. The monoisotopic (exact) mass is 640 g/mol. The van der Waals surface area contributed by atoms with Crippen LogP contribution in [0, 0.1) is 39.5 Å². The molecule has 0 saturated carbocycles. The summed E-state index contributed by atoms with van der Waals surface area (Å²) in [6, 6.07) is 21.1. The van der Waals surface area contributed by atoms with E-state index in [2.05, 4.69) is 101 Å². The van der Waals surface area contributed by atoms with Gasteiger partial charge in [0.05, 0.1) is 0 Å². The van der Waals surface area contributed by atoms with E-state index in [0.29, 0.717) is 23.0 Å². The Morgan fingerprint density at radius 3 is 1.90 bits per heavy atom. The van der Waals surface area contributed by atoms with Gasteiger partial charge in [0.2, 0.25) is 11.4 Å². The third-order valence-electron chi connectivity index (χ3n) is 9.46. The van der Waals surface area contributed by atoms with Crippen LogP contribution in [0.3, 0.4) is 0 Å². The van der Waals surface area contributed by atoms with Crippen LogP contribution in [-0.4, -0.2) is 29.2 Å². The zero-order valence-electron chi connectivity index (χ0n) is 30.2. The lowest BCUT2D eigenvalue weighted by Crippen LogP contribution is -2.30. The third-order valence-corrected chi connectivity index (χ3v) is 9.46. The van der Waals surface area contributed by atoms with Gasteiger partial charge in [-0.3, -0.25) is 4.79 Å². The number of allylic oxidation sites excluding steroid dienone is 7. The Kier molecular flexibility index (Phi) is 11.0. The van der Waals surface area contributed by atoms with Gasteiger partial charge < -0.3 is 10.0 Å². The van der Waals surface area contributed by atoms with Gasteiger partial charge in [-0.15, -0.1) is 0 Å². The molecule has 0 atom stereocenters. The second-order valence-corrected chi connectivity index (χ2v) is 14.5. The van der Waals surface area contributed by atoms with Gasteiger partial charge in [-0.2, -0.15) is 4.58 Å². The molecule has 0 saturated heterocycles. The number of carbonyl (C=O) groups excluding carboxylic acids is 1. The number of anilines is 2. The van der Waals surface area contributed by atoms with Crippen LogP contribution in [0.25, 0.3) is 5.57 Å². The van der Waals surface area contributed by atoms with Crippen molar-refractivity contribution in [2.75, 3.05) is 18.0 Å². The van der Waals surface area contributed by atoms with E-state index in [1.165, 1.54) is 33.6 Å². The predicted octanol–water partition coefficient (Wildman–Crippen LogP) is 9.79. The molecule has 3 aromatic rings. The minimum absolute atomic E-state index is 0.174. The summed E-state index contributed by atoms with van der Waals surface area (Å²) in [7, 11) is 0. The van der Waals surface area contributed by atoms with E-state index < -0.39 is 0 Å². The maximum Gasteiger partial charge on any atom is 0.208 e.